The van der Waals surface area contributed by atoms with E-state index < -0.39 is 23.4 Å². The molecule has 154 valence electrons. The van der Waals surface area contributed by atoms with Crippen LogP contribution in [-0.4, -0.2) is 37.7 Å². The summed E-state index contributed by atoms with van der Waals surface area (Å²) in [4.78, 5) is 37.4. The minimum atomic E-state index is -0.825. The topological polar surface area (TPSA) is 136 Å². The van der Waals surface area contributed by atoms with Crippen LogP contribution in [0.2, 0.25) is 0 Å². The maximum absolute atomic E-state index is 12.9. The van der Waals surface area contributed by atoms with Gasteiger partial charge in [-0.1, -0.05) is 12.1 Å². The summed E-state index contributed by atoms with van der Waals surface area (Å²) < 4.78 is 11.2. The molecular formula is C20H18N4O5S. The van der Waals surface area contributed by atoms with Crippen LogP contribution in [0.15, 0.2) is 34.6 Å². The molecule has 0 unspecified atom stereocenters. The third kappa shape index (κ3) is 3.35. The summed E-state index contributed by atoms with van der Waals surface area (Å²) in [7, 11) is 4.14. The van der Waals surface area contributed by atoms with Crippen molar-refractivity contribution in [3.05, 3.63) is 55.0 Å². The smallest absolute Gasteiger partial charge is 0.332 e. The Labute approximate surface area is 174 Å². The minimum absolute atomic E-state index is 0.0322. The van der Waals surface area contributed by atoms with E-state index >= 15 is 0 Å². The maximum atomic E-state index is 12.9. The van der Waals surface area contributed by atoms with Crippen LogP contribution in [0.5, 0.6) is 5.75 Å². The summed E-state index contributed by atoms with van der Waals surface area (Å²) in [6.45, 7) is 0. The number of fused-ring (bicyclic) bond motifs is 1. The van der Waals surface area contributed by atoms with E-state index in [1.807, 2.05) is 6.07 Å². The molecule has 2 aromatic rings. The molecule has 0 bridgehead atoms. The Morgan fingerprint density at radius 3 is 2.70 bits per heavy atom. The molecular weight excluding hydrogens is 408 g/mol. The lowest BCUT2D eigenvalue weighted by Gasteiger charge is -2.25. The first kappa shape index (κ1) is 20.9. The number of hydrogen-bond acceptors (Lipinski definition) is 8. The lowest BCUT2D eigenvalue weighted by Crippen LogP contribution is -2.41. The molecule has 2 heterocycles. The number of nitrogens with one attached hydrogen (secondary N) is 1. The SMILES string of the molecule is CNC(=O)C1=c2s/c(=C\C(=O)OC)c(=O)n2C(N)=C(C#N)[C@H]1c1cccc(OC)c1. The van der Waals surface area contributed by atoms with Gasteiger partial charge in [0.25, 0.3) is 11.5 Å². The van der Waals surface area contributed by atoms with Crippen molar-refractivity contribution in [1.29, 1.82) is 5.26 Å². The van der Waals surface area contributed by atoms with Gasteiger partial charge < -0.3 is 20.5 Å². The van der Waals surface area contributed by atoms with Gasteiger partial charge in [-0.2, -0.15) is 5.26 Å². The van der Waals surface area contributed by atoms with E-state index in [9.17, 15) is 19.6 Å². The van der Waals surface area contributed by atoms with Gasteiger partial charge in [0, 0.05) is 13.1 Å². The van der Waals surface area contributed by atoms with Gasteiger partial charge in [0.05, 0.1) is 37.4 Å². The first-order chi connectivity index (χ1) is 14.4. The van der Waals surface area contributed by atoms with Crippen molar-refractivity contribution in [1.82, 2.24) is 9.88 Å². The minimum Gasteiger partial charge on any atom is -0.497 e. The van der Waals surface area contributed by atoms with Crippen LogP contribution in [-0.2, 0) is 14.3 Å². The molecule has 1 aliphatic rings. The number of nitrogens with two attached hydrogens (primary N) is 1. The number of allylic oxidation sites excluding steroid dienone is 1. The Bertz CT molecular complexity index is 1300. The molecule has 0 fully saturated rings. The number of hydrogen-bond donors (Lipinski definition) is 2. The summed E-state index contributed by atoms with van der Waals surface area (Å²) in [6, 6.07) is 8.93. The molecule has 1 aromatic heterocycles. The third-order valence-electron chi connectivity index (χ3n) is 4.62. The zero-order valence-electron chi connectivity index (χ0n) is 16.4. The van der Waals surface area contributed by atoms with Gasteiger partial charge in [-0.3, -0.25) is 14.2 Å². The summed E-state index contributed by atoms with van der Waals surface area (Å²) in [5.74, 6) is -1.59. The van der Waals surface area contributed by atoms with Gasteiger partial charge in [-0.15, -0.1) is 11.3 Å². The number of carbonyl (C=O) groups excluding carboxylic acids is 2. The quantitative estimate of drug-likeness (QED) is 0.612. The lowest BCUT2D eigenvalue weighted by molar-refractivity contribution is -0.133. The first-order valence-electron chi connectivity index (χ1n) is 8.69. The fourth-order valence-electron chi connectivity index (χ4n) is 3.22. The molecule has 3 rings (SSSR count). The molecule has 30 heavy (non-hydrogen) atoms. The second kappa shape index (κ2) is 8.26. The number of carbonyl (C=O) groups is 2. The van der Waals surface area contributed by atoms with E-state index in [1.165, 1.54) is 21.3 Å². The molecule has 0 saturated carbocycles. The fraction of sp³-hybridized carbons (Fsp3) is 0.200. The fourth-order valence-corrected chi connectivity index (χ4v) is 4.36. The van der Waals surface area contributed by atoms with E-state index in [0.29, 0.717) is 11.3 Å². The van der Waals surface area contributed by atoms with Crippen molar-refractivity contribution in [2.45, 2.75) is 5.92 Å². The standard InChI is InChI=1S/C20H18N4O5S/c1-23-18(26)16-15(10-5-4-6-11(7-10)28-2)12(9-21)17(22)24-19(27)13(30-20(16)24)8-14(25)29-3/h4-8,15H,22H2,1-3H3,(H,23,26)/b13-8-/t15-/m1/s1. The molecule has 1 atom stereocenters. The highest BCUT2D eigenvalue weighted by molar-refractivity contribution is 7.07. The zero-order chi connectivity index (χ0) is 22.0. The number of nitriles is 1. The first-order valence-corrected chi connectivity index (χ1v) is 9.51. The highest BCUT2D eigenvalue weighted by Gasteiger charge is 2.35. The largest absolute Gasteiger partial charge is 0.497 e. The van der Waals surface area contributed by atoms with Crippen LogP contribution in [0.4, 0.5) is 0 Å². The number of nitrogens with zero attached hydrogens (tertiary/aromatic N) is 2. The van der Waals surface area contributed by atoms with Crippen LogP contribution >= 0.6 is 11.3 Å². The monoisotopic (exact) mass is 426 g/mol. The van der Waals surface area contributed by atoms with Gasteiger partial charge in [0.2, 0.25) is 0 Å². The van der Waals surface area contributed by atoms with Crippen LogP contribution in [0.25, 0.3) is 17.5 Å². The van der Waals surface area contributed by atoms with Gasteiger partial charge in [0.15, 0.2) is 0 Å². The third-order valence-corrected chi connectivity index (χ3v) is 5.73. The maximum Gasteiger partial charge on any atom is 0.332 e. The lowest BCUT2D eigenvalue weighted by atomic mass is 9.83. The normalized spacial score (nSPS) is 16.0. The molecule has 1 amide bonds. The Hall–Kier alpha value is -3.84. The van der Waals surface area contributed by atoms with Crippen molar-refractivity contribution in [2.24, 2.45) is 5.73 Å². The van der Waals surface area contributed by atoms with E-state index in [0.717, 1.165) is 22.0 Å². The molecule has 0 aliphatic carbocycles. The Balaban J connectivity index is 2.48. The van der Waals surface area contributed by atoms with Gasteiger partial charge in [-0.25, -0.2) is 4.79 Å². The molecule has 1 aliphatic heterocycles. The van der Waals surface area contributed by atoms with Crippen molar-refractivity contribution in [2.75, 3.05) is 21.3 Å². The Kier molecular flexibility index (Phi) is 5.75. The van der Waals surface area contributed by atoms with Crippen molar-refractivity contribution in [3.63, 3.8) is 0 Å². The molecule has 3 N–H and O–H groups in total. The highest BCUT2D eigenvalue weighted by atomic mass is 32.1. The summed E-state index contributed by atoms with van der Waals surface area (Å²) in [6.07, 6.45) is 1.03. The summed E-state index contributed by atoms with van der Waals surface area (Å²) in [5.41, 5.74) is 6.39. The van der Waals surface area contributed by atoms with Gasteiger partial charge in [0.1, 0.15) is 20.8 Å². The number of rotatable bonds is 4. The van der Waals surface area contributed by atoms with E-state index in [4.69, 9.17) is 10.5 Å². The van der Waals surface area contributed by atoms with Crippen molar-refractivity contribution < 1.29 is 19.1 Å². The number of esters is 1. The van der Waals surface area contributed by atoms with Gasteiger partial charge >= 0.3 is 5.97 Å². The molecule has 0 radical (unpaired) electrons. The zero-order valence-corrected chi connectivity index (χ0v) is 17.2. The average molecular weight is 426 g/mol. The molecule has 0 spiro atoms. The number of thiazole rings is 1. The summed E-state index contributed by atoms with van der Waals surface area (Å²) in [5, 5.41) is 12.4. The average Bonchev–Trinajstić information content (AvgIpc) is 3.08. The van der Waals surface area contributed by atoms with Crippen molar-refractivity contribution >= 4 is 40.7 Å². The Morgan fingerprint density at radius 2 is 2.10 bits per heavy atom. The molecule has 1 aromatic carbocycles. The van der Waals surface area contributed by atoms with Gasteiger partial charge in [-0.05, 0) is 17.7 Å². The van der Waals surface area contributed by atoms with E-state index in [-0.39, 0.29) is 26.2 Å². The van der Waals surface area contributed by atoms with Crippen LogP contribution in [0.1, 0.15) is 11.5 Å². The number of benzene rings is 1. The van der Waals surface area contributed by atoms with Crippen LogP contribution in [0.3, 0.4) is 0 Å². The number of methoxy groups -OCH3 is 2. The van der Waals surface area contributed by atoms with E-state index in [2.05, 4.69) is 10.1 Å². The second-order valence-corrected chi connectivity index (χ2v) is 7.22. The highest BCUT2D eigenvalue weighted by Crippen LogP contribution is 2.37. The molecule has 10 heteroatoms. The predicted molar refractivity (Wildman–Crippen MR) is 111 cm³/mol. The van der Waals surface area contributed by atoms with Crippen LogP contribution in [0, 0.1) is 11.3 Å². The number of aromatic nitrogens is 1. The van der Waals surface area contributed by atoms with Crippen molar-refractivity contribution in [3.8, 4) is 11.8 Å². The summed E-state index contributed by atoms with van der Waals surface area (Å²) >= 11 is 0.923. The predicted octanol–water partition coefficient (Wildman–Crippen LogP) is -0.783. The van der Waals surface area contributed by atoms with Crippen LogP contribution < -0.4 is 30.5 Å². The van der Waals surface area contributed by atoms with E-state index in [1.54, 1.807) is 24.3 Å². The molecule has 0 saturated heterocycles. The number of amides is 1. The second-order valence-electron chi connectivity index (χ2n) is 6.19. The Morgan fingerprint density at radius 1 is 1.37 bits per heavy atom. The molecule has 9 nitrogen and oxygen atoms in total. The number of ether oxygens (including phenoxy) is 2.